The van der Waals surface area contributed by atoms with E-state index in [2.05, 4.69) is 24.1 Å². The highest BCUT2D eigenvalue weighted by Gasteiger charge is 2.28. The molecule has 0 aromatic heterocycles. The van der Waals surface area contributed by atoms with E-state index in [1.165, 1.54) is 19.3 Å². The Labute approximate surface area is 116 Å². The highest BCUT2D eigenvalue weighted by molar-refractivity contribution is 6.18. The SMILES string of the molecule is CC(C)N1CCOC(CNC2CCCC2CCl)C1. The Morgan fingerprint density at radius 1 is 1.39 bits per heavy atom. The Bertz CT molecular complexity index is 250. The minimum Gasteiger partial charge on any atom is -0.374 e. The van der Waals surface area contributed by atoms with Crippen LogP contribution in [0.25, 0.3) is 0 Å². The van der Waals surface area contributed by atoms with Crippen molar-refractivity contribution >= 4 is 11.6 Å². The van der Waals surface area contributed by atoms with Crippen LogP contribution in [0, 0.1) is 5.92 Å². The first-order valence-corrected chi connectivity index (χ1v) is 7.89. The highest BCUT2D eigenvalue weighted by atomic mass is 35.5. The fourth-order valence-corrected chi connectivity index (χ4v) is 3.48. The van der Waals surface area contributed by atoms with Gasteiger partial charge in [0.05, 0.1) is 12.7 Å². The Morgan fingerprint density at radius 3 is 2.94 bits per heavy atom. The normalized spacial score (nSPS) is 34.3. The largest absolute Gasteiger partial charge is 0.374 e. The lowest BCUT2D eigenvalue weighted by atomic mass is 10.1. The van der Waals surface area contributed by atoms with E-state index >= 15 is 0 Å². The quantitative estimate of drug-likeness (QED) is 0.777. The summed E-state index contributed by atoms with van der Waals surface area (Å²) in [4.78, 5) is 2.50. The Kier molecular flexibility index (Phi) is 5.74. The molecule has 106 valence electrons. The summed E-state index contributed by atoms with van der Waals surface area (Å²) in [6.07, 6.45) is 4.22. The molecule has 1 heterocycles. The summed E-state index contributed by atoms with van der Waals surface area (Å²) in [6.45, 7) is 8.49. The predicted octanol–water partition coefficient (Wildman–Crippen LogP) is 2.09. The molecule has 2 aliphatic rings. The molecule has 3 unspecified atom stereocenters. The fourth-order valence-electron chi connectivity index (χ4n) is 3.11. The maximum absolute atomic E-state index is 6.01. The van der Waals surface area contributed by atoms with Gasteiger partial charge in [-0.3, -0.25) is 4.90 Å². The number of morpholine rings is 1. The van der Waals surface area contributed by atoms with Crippen LogP contribution >= 0.6 is 11.6 Å². The molecule has 3 nitrogen and oxygen atoms in total. The minimum atomic E-state index is 0.345. The van der Waals surface area contributed by atoms with Crippen molar-refractivity contribution in [2.24, 2.45) is 5.92 Å². The number of nitrogens with one attached hydrogen (secondary N) is 1. The number of hydrogen-bond acceptors (Lipinski definition) is 3. The Morgan fingerprint density at radius 2 is 2.22 bits per heavy atom. The van der Waals surface area contributed by atoms with Gasteiger partial charge in [-0.1, -0.05) is 6.42 Å². The van der Waals surface area contributed by atoms with Crippen molar-refractivity contribution < 1.29 is 4.74 Å². The molecule has 3 atom stereocenters. The molecule has 1 saturated carbocycles. The number of rotatable bonds is 5. The van der Waals surface area contributed by atoms with Crippen molar-refractivity contribution in [2.75, 3.05) is 32.1 Å². The topological polar surface area (TPSA) is 24.5 Å². The minimum absolute atomic E-state index is 0.345. The van der Waals surface area contributed by atoms with Gasteiger partial charge in [0, 0.05) is 37.6 Å². The number of hydrogen-bond donors (Lipinski definition) is 1. The monoisotopic (exact) mass is 274 g/mol. The van der Waals surface area contributed by atoms with E-state index in [1.54, 1.807) is 0 Å². The van der Waals surface area contributed by atoms with E-state index in [9.17, 15) is 0 Å². The molecule has 0 aromatic rings. The molecule has 0 spiro atoms. The van der Waals surface area contributed by atoms with Crippen molar-refractivity contribution in [3.8, 4) is 0 Å². The summed E-state index contributed by atoms with van der Waals surface area (Å²) in [7, 11) is 0. The second kappa shape index (κ2) is 7.09. The van der Waals surface area contributed by atoms with E-state index in [0.29, 0.717) is 24.1 Å². The molecule has 1 N–H and O–H groups in total. The molecule has 1 saturated heterocycles. The summed E-state index contributed by atoms with van der Waals surface area (Å²) in [5.74, 6) is 1.46. The zero-order valence-corrected chi connectivity index (χ0v) is 12.5. The lowest BCUT2D eigenvalue weighted by Crippen LogP contribution is -2.50. The van der Waals surface area contributed by atoms with Crippen LogP contribution < -0.4 is 5.32 Å². The number of halogens is 1. The van der Waals surface area contributed by atoms with E-state index in [1.807, 2.05) is 0 Å². The van der Waals surface area contributed by atoms with Crippen LogP contribution in [0.2, 0.25) is 0 Å². The average Bonchev–Trinajstić information content (AvgIpc) is 2.84. The average molecular weight is 275 g/mol. The van der Waals surface area contributed by atoms with E-state index in [0.717, 1.165) is 32.1 Å². The lowest BCUT2D eigenvalue weighted by Gasteiger charge is -2.36. The van der Waals surface area contributed by atoms with Crippen LogP contribution in [0.4, 0.5) is 0 Å². The zero-order chi connectivity index (χ0) is 13.0. The smallest absolute Gasteiger partial charge is 0.0826 e. The summed E-state index contributed by atoms with van der Waals surface area (Å²) in [5, 5.41) is 3.68. The first kappa shape index (κ1) is 14.6. The fraction of sp³-hybridized carbons (Fsp3) is 1.00. The first-order chi connectivity index (χ1) is 8.70. The van der Waals surface area contributed by atoms with Gasteiger partial charge in [0.1, 0.15) is 0 Å². The van der Waals surface area contributed by atoms with Crippen molar-refractivity contribution in [3.05, 3.63) is 0 Å². The highest BCUT2D eigenvalue weighted by Crippen LogP contribution is 2.26. The van der Waals surface area contributed by atoms with Gasteiger partial charge in [-0.15, -0.1) is 11.6 Å². The van der Waals surface area contributed by atoms with E-state index < -0.39 is 0 Å². The third kappa shape index (κ3) is 3.83. The summed E-state index contributed by atoms with van der Waals surface area (Å²) in [5.41, 5.74) is 0. The molecular formula is C14H27ClN2O. The molecule has 2 rings (SSSR count). The molecule has 0 radical (unpaired) electrons. The van der Waals surface area contributed by atoms with Crippen LogP contribution in [0.5, 0.6) is 0 Å². The molecule has 0 amide bonds. The molecule has 0 aromatic carbocycles. The summed E-state index contributed by atoms with van der Waals surface area (Å²) in [6, 6.07) is 1.24. The van der Waals surface area contributed by atoms with Gasteiger partial charge < -0.3 is 10.1 Å². The molecule has 2 fully saturated rings. The van der Waals surface area contributed by atoms with Crippen molar-refractivity contribution in [3.63, 3.8) is 0 Å². The molecule has 4 heteroatoms. The molecule has 1 aliphatic carbocycles. The Balaban J connectivity index is 1.72. The van der Waals surface area contributed by atoms with Crippen LogP contribution in [0.15, 0.2) is 0 Å². The lowest BCUT2D eigenvalue weighted by molar-refractivity contribution is -0.0384. The molecule has 0 bridgehead atoms. The van der Waals surface area contributed by atoms with Crippen LogP contribution in [-0.4, -0.2) is 55.2 Å². The predicted molar refractivity (Wildman–Crippen MR) is 76.3 cm³/mol. The number of nitrogens with zero attached hydrogens (tertiary/aromatic N) is 1. The zero-order valence-electron chi connectivity index (χ0n) is 11.7. The molecule has 18 heavy (non-hydrogen) atoms. The second-order valence-electron chi connectivity index (χ2n) is 5.94. The molecule has 1 aliphatic heterocycles. The van der Waals surface area contributed by atoms with Gasteiger partial charge in [-0.2, -0.15) is 0 Å². The van der Waals surface area contributed by atoms with Crippen LogP contribution in [0.3, 0.4) is 0 Å². The third-order valence-electron chi connectivity index (χ3n) is 4.37. The van der Waals surface area contributed by atoms with Gasteiger partial charge in [0.25, 0.3) is 0 Å². The Hall–Kier alpha value is 0.170. The standard InChI is InChI=1S/C14H27ClN2O/c1-11(2)17-6-7-18-13(10-17)9-16-14-5-3-4-12(14)8-15/h11-14,16H,3-10H2,1-2H3. The van der Waals surface area contributed by atoms with Gasteiger partial charge in [0.2, 0.25) is 0 Å². The van der Waals surface area contributed by atoms with Gasteiger partial charge in [-0.05, 0) is 32.6 Å². The first-order valence-electron chi connectivity index (χ1n) is 7.35. The summed E-state index contributed by atoms with van der Waals surface area (Å²) >= 11 is 6.01. The van der Waals surface area contributed by atoms with Crippen LogP contribution in [-0.2, 0) is 4.74 Å². The summed E-state index contributed by atoms with van der Waals surface area (Å²) < 4.78 is 5.85. The molecular weight excluding hydrogens is 248 g/mol. The van der Waals surface area contributed by atoms with E-state index in [4.69, 9.17) is 16.3 Å². The van der Waals surface area contributed by atoms with Crippen molar-refractivity contribution in [1.82, 2.24) is 10.2 Å². The maximum atomic E-state index is 6.01. The van der Waals surface area contributed by atoms with E-state index in [-0.39, 0.29) is 0 Å². The number of alkyl halides is 1. The van der Waals surface area contributed by atoms with Gasteiger partial charge >= 0.3 is 0 Å². The van der Waals surface area contributed by atoms with Gasteiger partial charge in [-0.25, -0.2) is 0 Å². The van der Waals surface area contributed by atoms with Crippen LogP contribution in [0.1, 0.15) is 33.1 Å². The maximum Gasteiger partial charge on any atom is 0.0826 e. The van der Waals surface area contributed by atoms with Crippen molar-refractivity contribution in [2.45, 2.75) is 51.3 Å². The number of ether oxygens (including phenoxy) is 1. The van der Waals surface area contributed by atoms with Gasteiger partial charge in [0.15, 0.2) is 0 Å². The second-order valence-corrected chi connectivity index (χ2v) is 6.25. The third-order valence-corrected chi connectivity index (χ3v) is 4.76. The van der Waals surface area contributed by atoms with Crippen molar-refractivity contribution in [1.29, 1.82) is 0 Å².